The molecule has 0 bridgehead atoms. The lowest BCUT2D eigenvalue weighted by Gasteiger charge is -2.03. The van der Waals surface area contributed by atoms with Gasteiger partial charge in [-0.1, -0.05) is 5.92 Å². The molecule has 0 saturated carbocycles. The molecule has 2 N–H and O–H groups in total. The predicted octanol–water partition coefficient (Wildman–Crippen LogP) is -0.635. The summed E-state index contributed by atoms with van der Waals surface area (Å²) in [4.78, 5) is 0. The number of aliphatic hydroxyl groups excluding tert-OH is 2. The molecular weight excluding hydrogens is 116 g/mol. The van der Waals surface area contributed by atoms with Crippen molar-refractivity contribution in [1.82, 2.24) is 0 Å². The van der Waals surface area contributed by atoms with Gasteiger partial charge in [0.1, 0.15) is 6.10 Å². The minimum atomic E-state index is -1.03. The lowest BCUT2D eigenvalue weighted by molar-refractivity contribution is 0.0678. The van der Waals surface area contributed by atoms with Crippen LogP contribution in [0.15, 0.2) is 0 Å². The molecule has 48 valence electrons. The third-order valence-electron chi connectivity index (χ3n) is 0.749. The zero-order valence-corrected chi connectivity index (χ0v) is 5.13. The summed E-state index contributed by atoms with van der Waals surface area (Å²) in [7, 11) is 0. The van der Waals surface area contributed by atoms with Crippen LogP contribution < -0.4 is 0 Å². The van der Waals surface area contributed by atoms with Crippen LogP contribution >= 0.6 is 0 Å². The molecular formula is C7H8O2. The van der Waals surface area contributed by atoms with Crippen molar-refractivity contribution in [2.75, 3.05) is 0 Å². The molecule has 0 heterocycles. The number of hydrogen-bond acceptors (Lipinski definition) is 2. The largest absolute Gasteiger partial charge is 0.390 e. The maximum Gasteiger partial charge on any atom is 0.141 e. The van der Waals surface area contributed by atoms with Crippen molar-refractivity contribution in [3.8, 4) is 24.2 Å². The van der Waals surface area contributed by atoms with Crippen molar-refractivity contribution in [1.29, 1.82) is 0 Å². The van der Waals surface area contributed by atoms with Gasteiger partial charge in [0.15, 0.2) is 0 Å². The summed E-state index contributed by atoms with van der Waals surface area (Å²) in [5, 5.41) is 17.4. The Morgan fingerprint density at radius 3 is 2.33 bits per heavy atom. The molecule has 0 aromatic carbocycles. The zero-order valence-electron chi connectivity index (χ0n) is 5.13. The summed E-state index contributed by atoms with van der Waals surface area (Å²) in [5.74, 6) is 6.47. The Balaban J connectivity index is 3.79. The third kappa shape index (κ3) is 3.61. The predicted molar refractivity (Wildman–Crippen MR) is 34.3 cm³/mol. The molecule has 0 aliphatic carbocycles. The van der Waals surface area contributed by atoms with Crippen LogP contribution in [0.3, 0.4) is 0 Å². The normalized spacial score (nSPS) is 14.4. The van der Waals surface area contributed by atoms with E-state index in [1.54, 1.807) is 0 Å². The second-order valence-electron chi connectivity index (χ2n) is 1.60. The molecule has 2 nitrogen and oxygen atoms in total. The molecule has 0 radical (unpaired) electrons. The Morgan fingerprint density at radius 2 is 2.00 bits per heavy atom. The van der Waals surface area contributed by atoms with Gasteiger partial charge in [0, 0.05) is 0 Å². The number of hydrogen-bond donors (Lipinski definition) is 2. The highest BCUT2D eigenvalue weighted by Crippen LogP contribution is 1.87. The zero-order chi connectivity index (χ0) is 7.28. The first kappa shape index (κ1) is 8.04. The first-order chi connectivity index (χ1) is 4.18. The van der Waals surface area contributed by atoms with E-state index in [1.165, 1.54) is 6.92 Å². The highest BCUT2D eigenvalue weighted by molar-refractivity contribution is 5.23. The monoisotopic (exact) mass is 124 g/mol. The summed E-state index contributed by atoms with van der Waals surface area (Å²) in [6.45, 7) is 1.44. The second kappa shape index (κ2) is 3.97. The van der Waals surface area contributed by atoms with Crippen molar-refractivity contribution >= 4 is 0 Å². The SMILES string of the molecule is C#CC#C[C@@H](O)[C@H](C)O. The summed E-state index contributed by atoms with van der Waals surface area (Å²) in [6.07, 6.45) is 2.89. The van der Waals surface area contributed by atoms with Gasteiger partial charge in [-0.05, 0) is 18.8 Å². The van der Waals surface area contributed by atoms with Crippen molar-refractivity contribution in [2.45, 2.75) is 19.1 Å². The average Bonchev–Trinajstić information content (AvgIpc) is 1.82. The van der Waals surface area contributed by atoms with E-state index in [0.717, 1.165) is 0 Å². The van der Waals surface area contributed by atoms with Gasteiger partial charge in [-0.3, -0.25) is 0 Å². The van der Waals surface area contributed by atoms with E-state index in [1.807, 2.05) is 5.92 Å². The molecule has 9 heavy (non-hydrogen) atoms. The second-order valence-corrected chi connectivity index (χ2v) is 1.60. The van der Waals surface area contributed by atoms with Crippen molar-refractivity contribution in [2.24, 2.45) is 0 Å². The molecule has 0 aromatic rings. The lowest BCUT2D eigenvalue weighted by atomic mass is 10.2. The molecule has 0 fully saturated rings. The Kier molecular flexibility index (Phi) is 3.55. The molecule has 0 saturated heterocycles. The van der Waals surface area contributed by atoms with E-state index in [-0.39, 0.29) is 0 Å². The third-order valence-corrected chi connectivity index (χ3v) is 0.749. The van der Waals surface area contributed by atoms with Gasteiger partial charge in [0.2, 0.25) is 0 Å². The highest BCUT2D eigenvalue weighted by atomic mass is 16.3. The summed E-state index contributed by atoms with van der Waals surface area (Å²) in [5.41, 5.74) is 0. The van der Waals surface area contributed by atoms with Gasteiger partial charge in [-0.25, -0.2) is 0 Å². The van der Waals surface area contributed by atoms with E-state index in [4.69, 9.17) is 16.6 Å². The van der Waals surface area contributed by atoms with Gasteiger partial charge < -0.3 is 10.2 Å². The molecule has 0 aliphatic heterocycles. The quantitative estimate of drug-likeness (QED) is 0.457. The number of rotatable bonds is 1. The van der Waals surface area contributed by atoms with E-state index in [9.17, 15) is 0 Å². The number of terminal acetylenes is 1. The fraction of sp³-hybridized carbons (Fsp3) is 0.429. The van der Waals surface area contributed by atoms with Crippen LogP contribution in [0.1, 0.15) is 6.92 Å². The Labute approximate surface area is 54.5 Å². The fourth-order valence-corrected chi connectivity index (χ4v) is 0.236. The van der Waals surface area contributed by atoms with Crippen LogP contribution in [0.4, 0.5) is 0 Å². The summed E-state index contributed by atoms with van der Waals surface area (Å²) < 4.78 is 0. The summed E-state index contributed by atoms with van der Waals surface area (Å²) >= 11 is 0. The molecule has 0 aromatic heterocycles. The maximum absolute atomic E-state index is 8.74. The smallest absolute Gasteiger partial charge is 0.141 e. The molecule has 0 rings (SSSR count). The Bertz CT molecular complexity index is 166. The topological polar surface area (TPSA) is 40.5 Å². The first-order valence-corrected chi connectivity index (χ1v) is 2.50. The Morgan fingerprint density at radius 1 is 1.44 bits per heavy atom. The van der Waals surface area contributed by atoms with Crippen LogP contribution in [0.5, 0.6) is 0 Å². The standard InChI is InChI=1S/C7H8O2/c1-3-4-5-7(9)6(2)8/h1,6-9H,2H3/t6-,7+/m0/s1. The van der Waals surface area contributed by atoms with Crippen LogP contribution in [0, 0.1) is 24.2 Å². The average molecular weight is 124 g/mol. The summed E-state index contributed by atoms with van der Waals surface area (Å²) in [6, 6.07) is 0. The lowest BCUT2D eigenvalue weighted by Crippen LogP contribution is -2.19. The minimum Gasteiger partial charge on any atom is -0.390 e. The maximum atomic E-state index is 8.74. The van der Waals surface area contributed by atoms with Gasteiger partial charge in [0.25, 0.3) is 0 Å². The van der Waals surface area contributed by atoms with Crippen LogP contribution in [-0.2, 0) is 0 Å². The van der Waals surface area contributed by atoms with Crippen molar-refractivity contribution in [3.05, 3.63) is 0 Å². The first-order valence-electron chi connectivity index (χ1n) is 2.50. The van der Waals surface area contributed by atoms with E-state index < -0.39 is 12.2 Å². The molecule has 0 amide bonds. The van der Waals surface area contributed by atoms with Gasteiger partial charge >= 0.3 is 0 Å². The minimum absolute atomic E-state index is 0.842. The van der Waals surface area contributed by atoms with Crippen LogP contribution in [-0.4, -0.2) is 22.4 Å². The fourth-order valence-electron chi connectivity index (χ4n) is 0.236. The van der Waals surface area contributed by atoms with E-state index in [2.05, 4.69) is 11.8 Å². The van der Waals surface area contributed by atoms with Gasteiger partial charge in [-0.15, -0.1) is 6.42 Å². The van der Waals surface area contributed by atoms with Gasteiger partial charge in [0.05, 0.1) is 6.10 Å². The molecule has 0 spiro atoms. The van der Waals surface area contributed by atoms with Crippen LogP contribution in [0.2, 0.25) is 0 Å². The number of aliphatic hydroxyl groups is 2. The molecule has 0 aliphatic rings. The molecule has 0 unspecified atom stereocenters. The highest BCUT2D eigenvalue weighted by Gasteiger charge is 2.04. The van der Waals surface area contributed by atoms with E-state index >= 15 is 0 Å². The van der Waals surface area contributed by atoms with Crippen LogP contribution in [0.25, 0.3) is 0 Å². The molecule has 2 heteroatoms. The Hall–Kier alpha value is -0.960. The van der Waals surface area contributed by atoms with Crippen molar-refractivity contribution < 1.29 is 10.2 Å². The van der Waals surface area contributed by atoms with Crippen molar-refractivity contribution in [3.63, 3.8) is 0 Å². The van der Waals surface area contributed by atoms with Gasteiger partial charge in [-0.2, -0.15) is 0 Å². The molecule has 2 atom stereocenters. The van der Waals surface area contributed by atoms with E-state index in [0.29, 0.717) is 0 Å².